The molecular weight excluding hydrogens is 314 g/mol. The third-order valence-electron chi connectivity index (χ3n) is 5.44. The van der Waals surface area contributed by atoms with E-state index in [4.69, 9.17) is 0 Å². The zero-order chi connectivity index (χ0) is 18.3. The van der Waals surface area contributed by atoms with Crippen LogP contribution in [0.5, 0.6) is 0 Å². The summed E-state index contributed by atoms with van der Waals surface area (Å²) in [6, 6.07) is 19.4. The van der Waals surface area contributed by atoms with Crippen molar-refractivity contribution in [1.82, 2.24) is 0 Å². The number of aryl methyl sites for hydroxylation is 3. The smallest absolute Gasteiger partial charge is 0.198 e. The normalized spacial score (nSPS) is 11.5. The number of nitriles is 1. The van der Waals surface area contributed by atoms with Crippen molar-refractivity contribution in [2.45, 2.75) is 20.8 Å². The van der Waals surface area contributed by atoms with Crippen LogP contribution < -0.4 is 27.2 Å². The average molecular weight is 334 g/mol. The highest BCUT2D eigenvalue weighted by Crippen LogP contribution is 2.20. The fourth-order valence-corrected chi connectivity index (χ4v) is 3.83. The predicted molar refractivity (Wildman–Crippen MR) is 114 cm³/mol. The number of fused-ring (bicyclic) bond motifs is 2. The molecule has 0 amide bonds. The molecule has 1 N–H and O–H groups in total. The lowest BCUT2D eigenvalue weighted by molar-refractivity contribution is 1.42. The van der Waals surface area contributed by atoms with Gasteiger partial charge in [0.1, 0.15) is 0 Å². The molecule has 0 unspecified atom stereocenters. The van der Waals surface area contributed by atoms with Crippen LogP contribution in [0, 0.1) is 32.1 Å². The Balaban J connectivity index is 1.72. The Morgan fingerprint density at radius 3 is 2.46 bits per heavy atom. The standard InChI is InChI=1S/C22H20B2N2/c1-13-6-4-5-7-17(13)23-18-11-19-20(9-14(18)2)26-21-10-16(12-25)8-15(3)22(21)24-19/h4-11,23-24,26H,1-3H3. The fourth-order valence-electron chi connectivity index (χ4n) is 3.83. The van der Waals surface area contributed by atoms with E-state index in [1.54, 1.807) is 0 Å². The summed E-state index contributed by atoms with van der Waals surface area (Å²) >= 11 is 0. The largest absolute Gasteiger partial charge is 0.356 e. The molecule has 0 fully saturated rings. The molecule has 4 heteroatoms. The van der Waals surface area contributed by atoms with Crippen LogP contribution in [0.2, 0.25) is 0 Å². The highest BCUT2D eigenvalue weighted by atomic mass is 14.9. The van der Waals surface area contributed by atoms with Crippen LogP contribution in [-0.2, 0) is 0 Å². The number of nitrogens with one attached hydrogen (secondary N) is 1. The van der Waals surface area contributed by atoms with Crippen LogP contribution in [0.4, 0.5) is 11.4 Å². The summed E-state index contributed by atoms with van der Waals surface area (Å²) in [6.45, 7) is 6.45. The lowest BCUT2D eigenvalue weighted by Crippen LogP contribution is -2.41. The summed E-state index contributed by atoms with van der Waals surface area (Å²) in [5, 5.41) is 12.8. The molecular formula is C22H20B2N2. The second-order valence-electron chi connectivity index (χ2n) is 7.27. The first kappa shape index (κ1) is 16.5. The van der Waals surface area contributed by atoms with Crippen LogP contribution in [0.1, 0.15) is 22.3 Å². The zero-order valence-corrected chi connectivity index (χ0v) is 15.5. The minimum atomic E-state index is 0.713. The number of anilines is 2. The van der Waals surface area contributed by atoms with Crippen LogP contribution >= 0.6 is 0 Å². The van der Waals surface area contributed by atoms with Gasteiger partial charge in [-0.1, -0.05) is 68.9 Å². The molecule has 4 rings (SSSR count). The molecule has 3 aromatic carbocycles. The van der Waals surface area contributed by atoms with Gasteiger partial charge < -0.3 is 5.32 Å². The van der Waals surface area contributed by atoms with Gasteiger partial charge in [0.2, 0.25) is 0 Å². The SMILES string of the molecule is Cc1ccccc1Bc1cc2c(cc1C)Nc1cc(C#N)cc(C)c1B2. The first-order valence-corrected chi connectivity index (χ1v) is 9.02. The average Bonchev–Trinajstić information content (AvgIpc) is 2.63. The van der Waals surface area contributed by atoms with E-state index in [9.17, 15) is 5.26 Å². The fraction of sp³-hybridized carbons (Fsp3) is 0.136. The van der Waals surface area contributed by atoms with Gasteiger partial charge in [0.15, 0.2) is 14.6 Å². The molecule has 2 nitrogen and oxygen atoms in total. The van der Waals surface area contributed by atoms with Gasteiger partial charge in [-0.25, -0.2) is 0 Å². The summed E-state index contributed by atoms with van der Waals surface area (Å²) in [4.78, 5) is 0. The first-order chi connectivity index (χ1) is 12.5. The van der Waals surface area contributed by atoms with E-state index < -0.39 is 0 Å². The van der Waals surface area contributed by atoms with Crippen molar-refractivity contribution in [2.24, 2.45) is 0 Å². The first-order valence-electron chi connectivity index (χ1n) is 9.02. The molecule has 1 aliphatic rings. The van der Waals surface area contributed by atoms with E-state index in [0.29, 0.717) is 5.56 Å². The van der Waals surface area contributed by atoms with Crippen molar-refractivity contribution in [3.8, 4) is 6.07 Å². The second-order valence-corrected chi connectivity index (χ2v) is 7.27. The molecule has 1 aliphatic heterocycles. The van der Waals surface area contributed by atoms with Gasteiger partial charge >= 0.3 is 0 Å². The van der Waals surface area contributed by atoms with Gasteiger partial charge in [-0.2, -0.15) is 5.26 Å². The van der Waals surface area contributed by atoms with Crippen molar-refractivity contribution in [3.05, 3.63) is 70.8 Å². The summed E-state index contributed by atoms with van der Waals surface area (Å²) in [7, 11) is 1.88. The number of nitrogens with zero attached hydrogens (tertiary/aromatic N) is 1. The molecule has 124 valence electrons. The molecule has 26 heavy (non-hydrogen) atoms. The predicted octanol–water partition coefficient (Wildman–Crippen LogP) is 1.32. The van der Waals surface area contributed by atoms with Crippen LogP contribution in [0.15, 0.2) is 48.5 Å². The van der Waals surface area contributed by atoms with Gasteiger partial charge in [0.25, 0.3) is 0 Å². The van der Waals surface area contributed by atoms with E-state index in [-0.39, 0.29) is 0 Å². The molecule has 0 aliphatic carbocycles. The van der Waals surface area contributed by atoms with Crippen LogP contribution in [0.25, 0.3) is 0 Å². The van der Waals surface area contributed by atoms with Gasteiger partial charge in [-0.05, 0) is 39.0 Å². The molecule has 1 heterocycles. The van der Waals surface area contributed by atoms with E-state index in [0.717, 1.165) is 25.9 Å². The maximum atomic E-state index is 9.22. The van der Waals surface area contributed by atoms with Crippen molar-refractivity contribution in [3.63, 3.8) is 0 Å². The van der Waals surface area contributed by atoms with Crippen LogP contribution in [-0.4, -0.2) is 14.6 Å². The summed E-state index contributed by atoms with van der Waals surface area (Å²) in [6.07, 6.45) is 0. The molecule has 0 saturated carbocycles. The molecule has 0 bridgehead atoms. The second kappa shape index (κ2) is 6.42. The topological polar surface area (TPSA) is 35.8 Å². The molecule has 0 saturated heterocycles. The monoisotopic (exact) mass is 334 g/mol. The van der Waals surface area contributed by atoms with E-state index in [2.05, 4.69) is 68.6 Å². The summed E-state index contributed by atoms with van der Waals surface area (Å²) in [5.74, 6) is 0. The van der Waals surface area contributed by atoms with Gasteiger partial charge in [0, 0.05) is 11.4 Å². The Hall–Kier alpha value is -2.92. The lowest BCUT2D eigenvalue weighted by Gasteiger charge is -2.24. The number of rotatable bonds is 2. The number of benzene rings is 3. The van der Waals surface area contributed by atoms with E-state index in [1.165, 1.54) is 38.5 Å². The Bertz CT molecular complexity index is 1060. The Kier molecular flexibility index (Phi) is 4.09. The molecule has 0 spiro atoms. The highest BCUT2D eigenvalue weighted by Gasteiger charge is 2.20. The minimum Gasteiger partial charge on any atom is -0.356 e. The van der Waals surface area contributed by atoms with Crippen molar-refractivity contribution < 1.29 is 0 Å². The van der Waals surface area contributed by atoms with E-state index >= 15 is 0 Å². The molecule has 0 radical (unpaired) electrons. The third-order valence-corrected chi connectivity index (χ3v) is 5.44. The Labute approximate surface area is 156 Å². The summed E-state index contributed by atoms with van der Waals surface area (Å²) < 4.78 is 0. The Morgan fingerprint density at radius 1 is 0.885 bits per heavy atom. The minimum absolute atomic E-state index is 0.713. The van der Waals surface area contributed by atoms with Crippen molar-refractivity contribution >= 4 is 47.8 Å². The molecule has 3 aromatic rings. The summed E-state index contributed by atoms with van der Waals surface area (Å²) in [5.41, 5.74) is 12.2. The van der Waals surface area contributed by atoms with Crippen LogP contribution in [0.3, 0.4) is 0 Å². The zero-order valence-electron chi connectivity index (χ0n) is 15.5. The maximum Gasteiger partial charge on any atom is 0.198 e. The molecule has 0 atom stereocenters. The van der Waals surface area contributed by atoms with E-state index in [1.807, 2.05) is 12.1 Å². The van der Waals surface area contributed by atoms with Gasteiger partial charge in [0.05, 0.1) is 11.6 Å². The maximum absolute atomic E-state index is 9.22. The third kappa shape index (κ3) is 2.91. The van der Waals surface area contributed by atoms with Crippen molar-refractivity contribution in [2.75, 3.05) is 5.32 Å². The van der Waals surface area contributed by atoms with Gasteiger partial charge in [-0.15, -0.1) is 0 Å². The van der Waals surface area contributed by atoms with Crippen molar-refractivity contribution in [1.29, 1.82) is 5.26 Å². The highest BCUT2D eigenvalue weighted by molar-refractivity contribution is 6.74. The lowest BCUT2D eigenvalue weighted by atomic mass is 9.55. The quantitative estimate of drug-likeness (QED) is 0.561. The number of hydrogen-bond acceptors (Lipinski definition) is 2. The molecule has 0 aromatic heterocycles. The Morgan fingerprint density at radius 2 is 1.69 bits per heavy atom. The number of hydrogen-bond donors (Lipinski definition) is 1. The van der Waals surface area contributed by atoms with Gasteiger partial charge in [-0.3, -0.25) is 0 Å².